The lowest BCUT2D eigenvalue weighted by Gasteiger charge is -2.22. The van der Waals surface area contributed by atoms with Crippen LogP contribution in [-0.4, -0.2) is 11.2 Å². The Bertz CT molecular complexity index is 354. The number of hydrogen-bond acceptors (Lipinski definition) is 1. The Kier molecular flexibility index (Phi) is 2.83. The smallest absolute Gasteiger partial charge is 0.0631 e. The number of aryl methyl sites for hydroxylation is 2. The molecule has 15 heavy (non-hydrogen) atoms. The van der Waals surface area contributed by atoms with Crippen molar-refractivity contribution in [1.82, 2.24) is 0 Å². The molecule has 1 aliphatic carbocycles. The standard InChI is InChI=1S/C14H20O/c1-9(2)14(15)12-7-6-11-5-4-10(3)8-13(11)12/h4-5,8-9,12,14-15H,6-7H2,1-3H3. The Morgan fingerprint density at radius 3 is 2.73 bits per heavy atom. The van der Waals surface area contributed by atoms with Crippen molar-refractivity contribution in [1.29, 1.82) is 0 Å². The predicted octanol–water partition coefficient (Wildman–Crippen LogP) is 3.04. The zero-order valence-electron chi connectivity index (χ0n) is 9.83. The zero-order chi connectivity index (χ0) is 11.0. The van der Waals surface area contributed by atoms with E-state index in [2.05, 4.69) is 39.0 Å². The number of aliphatic hydroxyl groups excluding tert-OH is 1. The first kappa shape index (κ1) is 10.7. The molecule has 0 aromatic heterocycles. The summed E-state index contributed by atoms with van der Waals surface area (Å²) in [5.41, 5.74) is 4.12. The van der Waals surface area contributed by atoms with Gasteiger partial charge in [0.1, 0.15) is 0 Å². The Balaban J connectivity index is 2.31. The molecule has 2 rings (SSSR count). The van der Waals surface area contributed by atoms with Crippen LogP contribution in [0.25, 0.3) is 0 Å². The lowest BCUT2D eigenvalue weighted by Crippen LogP contribution is -2.22. The van der Waals surface area contributed by atoms with E-state index in [9.17, 15) is 5.11 Å². The molecule has 2 atom stereocenters. The second-order valence-electron chi connectivity index (χ2n) is 5.08. The van der Waals surface area contributed by atoms with Crippen LogP contribution in [0.4, 0.5) is 0 Å². The number of hydrogen-bond donors (Lipinski definition) is 1. The Hall–Kier alpha value is -0.820. The number of rotatable bonds is 2. The average Bonchev–Trinajstić information content (AvgIpc) is 2.59. The quantitative estimate of drug-likeness (QED) is 0.785. The van der Waals surface area contributed by atoms with E-state index in [1.54, 1.807) is 0 Å². The maximum absolute atomic E-state index is 10.2. The van der Waals surface area contributed by atoms with Crippen molar-refractivity contribution in [2.75, 3.05) is 0 Å². The highest BCUT2D eigenvalue weighted by Gasteiger charge is 2.30. The molecule has 1 aliphatic rings. The molecule has 1 nitrogen and oxygen atoms in total. The number of fused-ring (bicyclic) bond motifs is 1. The van der Waals surface area contributed by atoms with Crippen LogP contribution in [0.3, 0.4) is 0 Å². The summed E-state index contributed by atoms with van der Waals surface area (Å²) in [5, 5.41) is 10.2. The highest BCUT2D eigenvalue weighted by Crippen LogP contribution is 2.37. The first-order valence-corrected chi connectivity index (χ1v) is 5.87. The lowest BCUT2D eigenvalue weighted by atomic mass is 9.88. The Morgan fingerprint density at radius 1 is 1.33 bits per heavy atom. The van der Waals surface area contributed by atoms with Crippen LogP contribution in [-0.2, 0) is 6.42 Å². The van der Waals surface area contributed by atoms with Crippen LogP contribution < -0.4 is 0 Å². The summed E-state index contributed by atoms with van der Waals surface area (Å²) in [4.78, 5) is 0. The highest BCUT2D eigenvalue weighted by atomic mass is 16.3. The topological polar surface area (TPSA) is 20.2 Å². The van der Waals surface area contributed by atoms with Gasteiger partial charge in [0.25, 0.3) is 0 Å². The van der Waals surface area contributed by atoms with E-state index < -0.39 is 0 Å². The number of benzene rings is 1. The van der Waals surface area contributed by atoms with Gasteiger partial charge in [0.05, 0.1) is 6.10 Å². The fraction of sp³-hybridized carbons (Fsp3) is 0.571. The van der Waals surface area contributed by atoms with Crippen LogP contribution in [0, 0.1) is 12.8 Å². The van der Waals surface area contributed by atoms with Crippen LogP contribution in [0.2, 0.25) is 0 Å². The molecule has 0 aliphatic heterocycles. The molecule has 0 fully saturated rings. The molecule has 0 saturated carbocycles. The molecule has 0 saturated heterocycles. The van der Waals surface area contributed by atoms with E-state index in [1.807, 2.05) is 0 Å². The third-order valence-corrected chi connectivity index (χ3v) is 3.52. The fourth-order valence-electron chi connectivity index (χ4n) is 2.57. The second kappa shape index (κ2) is 3.97. The van der Waals surface area contributed by atoms with Gasteiger partial charge in [0.2, 0.25) is 0 Å². The minimum Gasteiger partial charge on any atom is -0.392 e. The predicted molar refractivity (Wildman–Crippen MR) is 63.1 cm³/mol. The van der Waals surface area contributed by atoms with E-state index in [1.165, 1.54) is 16.7 Å². The SMILES string of the molecule is Cc1ccc2c(c1)C(C(O)C(C)C)CC2. The first-order valence-electron chi connectivity index (χ1n) is 5.87. The molecule has 0 bridgehead atoms. The first-order chi connectivity index (χ1) is 7.09. The molecule has 0 amide bonds. The van der Waals surface area contributed by atoms with Crippen molar-refractivity contribution in [2.24, 2.45) is 5.92 Å². The molecule has 1 aromatic rings. The van der Waals surface area contributed by atoms with E-state index in [0.29, 0.717) is 11.8 Å². The monoisotopic (exact) mass is 204 g/mol. The molecule has 0 spiro atoms. The summed E-state index contributed by atoms with van der Waals surface area (Å²) in [6.07, 6.45) is 2.05. The normalized spacial score (nSPS) is 21.8. The van der Waals surface area contributed by atoms with Gasteiger partial charge < -0.3 is 5.11 Å². The van der Waals surface area contributed by atoms with Crippen molar-refractivity contribution < 1.29 is 5.11 Å². The third kappa shape index (κ3) is 1.93. The molecule has 1 heteroatoms. The molecule has 1 aromatic carbocycles. The van der Waals surface area contributed by atoms with Crippen molar-refractivity contribution in [3.05, 3.63) is 34.9 Å². The van der Waals surface area contributed by atoms with Gasteiger partial charge in [-0.1, -0.05) is 37.6 Å². The maximum atomic E-state index is 10.2. The molecule has 0 radical (unpaired) electrons. The van der Waals surface area contributed by atoms with Crippen LogP contribution in [0.15, 0.2) is 18.2 Å². The highest BCUT2D eigenvalue weighted by molar-refractivity contribution is 5.38. The summed E-state index contributed by atoms with van der Waals surface area (Å²) in [5.74, 6) is 0.710. The number of aliphatic hydroxyl groups is 1. The van der Waals surface area contributed by atoms with E-state index in [4.69, 9.17) is 0 Å². The van der Waals surface area contributed by atoms with Gasteiger partial charge in [-0.25, -0.2) is 0 Å². The Morgan fingerprint density at radius 2 is 2.07 bits per heavy atom. The van der Waals surface area contributed by atoms with Gasteiger partial charge in [-0.05, 0) is 36.8 Å². The van der Waals surface area contributed by atoms with Crippen LogP contribution in [0.1, 0.15) is 42.9 Å². The van der Waals surface area contributed by atoms with Gasteiger partial charge in [-0.15, -0.1) is 0 Å². The van der Waals surface area contributed by atoms with Gasteiger partial charge >= 0.3 is 0 Å². The maximum Gasteiger partial charge on any atom is 0.0631 e. The summed E-state index contributed by atoms with van der Waals surface area (Å²) >= 11 is 0. The Labute approximate surface area is 92.1 Å². The van der Waals surface area contributed by atoms with E-state index in [-0.39, 0.29) is 6.10 Å². The molecule has 0 heterocycles. The molecule has 1 N–H and O–H groups in total. The summed E-state index contributed by atoms with van der Waals surface area (Å²) in [6, 6.07) is 6.64. The van der Waals surface area contributed by atoms with Gasteiger partial charge in [-0.3, -0.25) is 0 Å². The van der Waals surface area contributed by atoms with Crippen LogP contribution >= 0.6 is 0 Å². The van der Waals surface area contributed by atoms with Crippen molar-refractivity contribution in [3.63, 3.8) is 0 Å². The zero-order valence-corrected chi connectivity index (χ0v) is 9.83. The largest absolute Gasteiger partial charge is 0.392 e. The van der Waals surface area contributed by atoms with Crippen molar-refractivity contribution in [3.8, 4) is 0 Å². The summed E-state index contributed by atoms with van der Waals surface area (Å²) < 4.78 is 0. The molecular weight excluding hydrogens is 184 g/mol. The molecule has 2 unspecified atom stereocenters. The summed E-state index contributed by atoms with van der Waals surface area (Å²) in [6.45, 7) is 6.31. The minimum absolute atomic E-state index is 0.187. The van der Waals surface area contributed by atoms with E-state index >= 15 is 0 Å². The van der Waals surface area contributed by atoms with Gasteiger partial charge in [0.15, 0.2) is 0 Å². The molecule has 82 valence electrons. The van der Waals surface area contributed by atoms with Crippen molar-refractivity contribution >= 4 is 0 Å². The van der Waals surface area contributed by atoms with Crippen molar-refractivity contribution in [2.45, 2.75) is 45.6 Å². The van der Waals surface area contributed by atoms with Gasteiger partial charge in [-0.2, -0.15) is 0 Å². The third-order valence-electron chi connectivity index (χ3n) is 3.52. The lowest BCUT2D eigenvalue weighted by molar-refractivity contribution is 0.0963. The molecular formula is C14H20O. The minimum atomic E-state index is -0.187. The second-order valence-corrected chi connectivity index (χ2v) is 5.08. The van der Waals surface area contributed by atoms with Gasteiger partial charge in [0, 0.05) is 5.92 Å². The van der Waals surface area contributed by atoms with E-state index in [0.717, 1.165) is 12.8 Å². The average molecular weight is 204 g/mol. The summed E-state index contributed by atoms with van der Waals surface area (Å²) in [7, 11) is 0. The fourth-order valence-corrected chi connectivity index (χ4v) is 2.57. The van der Waals surface area contributed by atoms with Crippen LogP contribution in [0.5, 0.6) is 0 Å².